The summed E-state index contributed by atoms with van der Waals surface area (Å²) in [6.45, 7) is 2.05. The lowest BCUT2D eigenvalue weighted by Gasteiger charge is -2.01. The highest BCUT2D eigenvalue weighted by atomic mass is 35.5. The molecule has 20 heavy (non-hydrogen) atoms. The van der Waals surface area contributed by atoms with Gasteiger partial charge in [0.1, 0.15) is 5.82 Å². The minimum absolute atomic E-state index is 0.174. The first-order valence-corrected chi connectivity index (χ1v) is 6.75. The Kier molecular flexibility index (Phi) is 4.70. The molecule has 0 aromatic heterocycles. The summed E-state index contributed by atoms with van der Waals surface area (Å²) in [5.74, 6) is -0.616. The second-order valence-corrected chi connectivity index (χ2v) is 4.79. The van der Waals surface area contributed by atoms with E-state index in [1.165, 1.54) is 29.8 Å². The van der Waals surface area contributed by atoms with Gasteiger partial charge in [-0.2, -0.15) is 0 Å². The van der Waals surface area contributed by atoms with Crippen LogP contribution in [0.4, 0.5) is 4.39 Å². The summed E-state index contributed by atoms with van der Waals surface area (Å²) in [5, 5.41) is 0.287. The molecule has 0 bridgehead atoms. The molecule has 0 N–H and O–H groups in total. The van der Waals surface area contributed by atoms with Crippen molar-refractivity contribution in [1.29, 1.82) is 0 Å². The van der Waals surface area contributed by atoms with Gasteiger partial charge in [-0.15, -0.1) is 0 Å². The number of carbonyl (C=O) groups excluding carboxylic acids is 1. The number of ketones is 1. The van der Waals surface area contributed by atoms with Crippen LogP contribution in [0, 0.1) is 5.82 Å². The third kappa shape index (κ3) is 3.34. The Morgan fingerprint density at radius 2 is 1.90 bits per heavy atom. The molecule has 2 aromatic carbocycles. The smallest absolute Gasteiger partial charge is 0.185 e. The number of allylic oxidation sites excluding steroid dienone is 1. The second-order valence-electron chi connectivity index (χ2n) is 4.38. The second kappa shape index (κ2) is 6.49. The number of hydrogen-bond acceptors (Lipinski definition) is 1. The summed E-state index contributed by atoms with van der Waals surface area (Å²) in [4.78, 5) is 12.0. The van der Waals surface area contributed by atoms with Crippen molar-refractivity contribution >= 4 is 23.5 Å². The Morgan fingerprint density at radius 3 is 2.50 bits per heavy atom. The first-order valence-electron chi connectivity index (χ1n) is 6.37. The zero-order valence-corrected chi connectivity index (χ0v) is 11.8. The van der Waals surface area contributed by atoms with Crippen LogP contribution in [0.3, 0.4) is 0 Å². The fourth-order valence-electron chi connectivity index (χ4n) is 1.83. The Bertz CT molecular complexity index is 624. The number of benzene rings is 2. The topological polar surface area (TPSA) is 17.1 Å². The molecule has 0 amide bonds. The van der Waals surface area contributed by atoms with Gasteiger partial charge in [0.2, 0.25) is 0 Å². The molecule has 0 aliphatic carbocycles. The molecule has 102 valence electrons. The first kappa shape index (κ1) is 14.5. The normalized spacial score (nSPS) is 10.9. The molecule has 0 unspecified atom stereocenters. The summed E-state index contributed by atoms with van der Waals surface area (Å²) >= 11 is 5.90. The fourth-order valence-corrected chi connectivity index (χ4v) is 2.06. The minimum atomic E-state index is -0.442. The van der Waals surface area contributed by atoms with E-state index in [2.05, 4.69) is 6.92 Å². The molecule has 2 aromatic rings. The van der Waals surface area contributed by atoms with Gasteiger partial charge in [-0.25, -0.2) is 4.39 Å². The van der Waals surface area contributed by atoms with Crippen LogP contribution in [0.5, 0.6) is 0 Å². The Labute approximate surface area is 122 Å². The van der Waals surface area contributed by atoms with Gasteiger partial charge in [-0.3, -0.25) is 4.79 Å². The molecule has 0 atom stereocenters. The van der Waals surface area contributed by atoms with Crippen LogP contribution >= 0.6 is 11.6 Å². The molecule has 1 nitrogen and oxygen atoms in total. The van der Waals surface area contributed by atoms with Crippen molar-refractivity contribution in [3.8, 4) is 0 Å². The van der Waals surface area contributed by atoms with Crippen molar-refractivity contribution < 1.29 is 9.18 Å². The molecule has 0 aliphatic rings. The maximum Gasteiger partial charge on any atom is 0.185 e. The highest BCUT2D eigenvalue weighted by Gasteiger charge is 2.05. The third-order valence-corrected chi connectivity index (χ3v) is 3.38. The zero-order chi connectivity index (χ0) is 14.5. The van der Waals surface area contributed by atoms with Crippen LogP contribution < -0.4 is 0 Å². The maximum absolute atomic E-state index is 13.6. The van der Waals surface area contributed by atoms with Crippen molar-refractivity contribution in [2.45, 2.75) is 13.3 Å². The molecule has 0 saturated heterocycles. The lowest BCUT2D eigenvalue weighted by Crippen LogP contribution is -1.95. The highest BCUT2D eigenvalue weighted by Crippen LogP contribution is 2.20. The van der Waals surface area contributed by atoms with Crippen LogP contribution in [0.15, 0.2) is 48.5 Å². The lowest BCUT2D eigenvalue weighted by molar-refractivity contribution is 0.104. The van der Waals surface area contributed by atoms with Crippen molar-refractivity contribution in [2.75, 3.05) is 0 Å². The van der Waals surface area contributed by atoms with Gasteiger partial charge in [-0.1, -0.05) is 48.9 Å². The van der Waals surface area contributed by atoms with Gasteiger partial charge >= 0.3 is 0 Å². The monoisotopic (exact) mass is 288 g/mol. The molecule has 0 aliphatic heterocycles. The van der Waals surface area contributed by atoms with E-state index in [0.29, 0.717) is 5.56 Å². The molecule has 3 heteroatoms. The summed E-state index contributed by atoms with van der Waals surface area (Å²) in [6.07, 6.45) is 3.67. The van der Waals surface area contributed by atoms with Gasteiger partial charge in [0.05, 0.1) is 5.02 Å². The van der Waals surface area contributed by atoms with Crippen molar-refractivity contribution in [2.24, 2.45) is 0 Å². The van der Waals surface area contributed by atoms with E-state index in [4.69, 9.17) is 11.6 Å². The minimum Gasteiger partial charge on any atom is -0.289 e. The van der Waals surface area contributed by atoms with Crippen molar-refractivity contribution in [3.63, 3.8) is 0 Å². The van der Waals surface area contributed by atoms with Crippen LogP contribution in [0.1, 0.15) is 28.4 Å². The van der Waals surface area contributed by atoms with E-state index in [0.717, 1.165) is 6.42 Å². The SMILES string of the molecule is CCc1ccc(C(=O)C=Cc2c(F)cccc2Cl)cc1. The van der Waals surface area contributed by atoms with Gasteiger partial charge in [0.15, 0.2) is 5.78 Å². The van der Waals surface area contributed by atoms with Crippen LogP contribution in [-0.2, 0) is 6.42 Å². The number of aryl methyl sites for hydroxylation is 1. The molecular formula is C17H14ClFO. The number of halogens is 2. The molecule has 0 radical (unpaired) electrons. The Morgan fingerprint density at radius 1 is 1.20 bits per heavy atom. The fraction of sp³-hybridized carbons (Fsp3) is 0.118. The van der Waals surface area contributed by atoms with Crippen molar-refractivity contribution in [3.05, 3.63) is 76.1 Å². The van der Waals surface area contributed by atoms with E-state index in [9.17, 15) is 9.18 Å². The van der Waals surface area contributed by atoms with Crippen molar-refractivity contribution in [1.82, 2.24) is 0 Å². The predicted molar refractivity (Wildman–Crippen MR) is 80.6 cm³/mol. The summed E-state index contributed by atoms with van der Waals surface area (Å²) in [5.41, 5.74) is 1.97. The van der Waals surface area contributed by atoms with Gasteiger partial charge in [-0.05, 0) is 36.3 Å². The maximum atomic E-state index is 13.6. The number of hydrogen-bond donors (Lipinski definition) is 0. The van der Waals surface area contributed by atoms with E-state index >= 15 is 0 Å². The lowest BCUT2D eigenvalue weighted by atomic mass is 10.1. The summed E-state index contributed by atoms with van der Waals surface area (Å²) in [7, 11) is 0. The molecule has 0 spiro atoms. The molecule has 0 fully saturated rings. The van der Waals surface area contributed by atoms with Crippen LogP contribution in [-0.4, -0.2) is 5.78 Å². The third-order valence-electron chi connectivity index (χ3n) is 3.05. The summed E-state index contributed by atoms with van der Waals surface area (Å²) in [6, 6.07) is 11.8. The van der Waals surface area contributed by atoms with Crippen LogP contribution in [0.25, 0.3) is 6.08 Å². The average Bonchev–Trinajstić information content (AvgIpc) is 2.46. The van der Waals surface area contributed by atoms with E-state index in [1.807, 2.05) is 12.1 Å². The standard InChI is InChI=1S/C17H14ClFO/c1-2-12-6-8-13(9-7-12)17(20)11-10-14-15(18)4-3-5-16(14)19/h3-11H,2H2,1H3. The Hall–Kier alpha value is -1.93. The zero-order valence-electron chi connectivity index (χ0n) is 11.1. The van der Waals surface area contributed by atoms with Gasteiger partial charge in [0, 0.05) is 11.1 Å². The van der Waals surface area contributed by atoms with Gasteiger partial charge in [0.25, 0.3) is 0 Å². The number of carbonyl (C=O) groups is 1. The molecular weight excluding hydrogens is 275 g/mol. The molecule has 0 heterocycles. The van der Waals surface area contributed by atoms with Crippen LogP contribution in [0.2, 0.25) is 5.02 Å². The summed E-state index contributed by atoms with van der Waals surface area (Å²) < 4.78 is 13.6. The number of rotatable bonds is 4. The predicted octanol–water partition coefficient (Wildman–Crippen LogP) is 4.94. The highest BCUT2D eigenvalue weighted by molar-refractivity contribution is 6.32. The van der Waals surface area contributed by atoms with E-state index < -0.39 is 5.82 Å². The molecule has 2 rings (SSSR count). The van der Waals surface area contributed by atoms with E-state index in [1.54, 1.807) is 18.2 Å². The quantitative estimate of drug-likeness (QED) is 0.575. The first-order chi connectivity index (χ1) is 9.61. The van der Waals surface area contributed by atoms with Gasteiger partial charge < -0.3 is 0 Å². The Balaban J connectivity index is 2.20. The average molecular weight is 289 g/mol. The molecule has 0 saturated carbocycles. The largest absolute Gasteiger partial charge is 0.289 e. The van der Waals surface area contributed by atoms with E-state index in [-0.39, 0.29) is 16.4 Å².